The minimum absolute atomic E-state index is 0.0887. The van der Waals surface area contributed by atoms with E-state index in [0.717, 1.165) is 4.31 Å². The minimum Gasteiger partial charge on any atom is -0.490 e. The fourth-order valence-corrected chi connectivity index (χ4v) is 5.25. The second-order valence-electron chi connectivity index (χ2n) is 8.11. The first-order valence-electron chi connectivity index (χ1n) is 10.7. The molecule has 0 aromatic heterocycles. The van der Waals surface area contributed by atoms with Crippen molar-refractivity contribution in [2.45, 2.75) is 36.1 Å². The van der Waals surface area contributed by atoms with E-state index in [9.17, 15) is 37.1 Å². The highest BCUT2D eigenvalue weighted by molar-refractivity contribution is 7.89. The minimum atomic E-state index is -4.78. The number of aliphatic hydroxyl groups is 2. The van der Waals surface area contributed by atoms with E-state index in [1.165, 1.54) is 24.3 Å². The molecular formula is C23H22F3N3O6S. The molecule has 192 valence electrons. The molecular weight excluding hydrogens is 503 g/mol. The summed E-state index contributed by atoms with van der Waals surface area (Å²) in [6.07, 6.45) is -5.45. The molecule has 1 heterocycles. The number of ether oxygens (including phenoxy) is 2. The molecule has 2 aromatic rings. The summed E-state index contributed by atoms with van der Waals surface area (Å²) in [4.78, 5) is -0.677. The number of nitriles is 2. The molecule has 1 saturated heterocycles. The van der Waals surface area contributed by atoms with Gasteiger partial charge in [0.05, 0.1) is 47.4 Å². The molecule has 9 nitrogen and oxygen atoms in total. The molecule has 2 atom stereocenters. The number of aliphatic hydroxyl groups excluding tert-OH is 1. The molecule has 2 N–H and O–H groups in total. The second kappa shape index (κ2) is 10.3. The van der Waals surface area contributed by atoms with E-state index in [4.69, 9.17) is 14.7 Å². The standard InChI is InChI=1S/C23H22F3N3O6S/c1-2-7-34-19-8-15(10-27)3-5-18(19)35-21-12-29(13-22(21,31)14-30)36(32,33)20-6-4-17(23(24,25)26)9-16(20)11-28/h3-6,8-9,21,30-31H,2,7,12-14H2,1H3/t21?,22-/m1/s1. The van der Waals surface area contributed by atoms with Gasteiger partial charge in [-0.05, 0) is 36.8 Å². The van der Waals surface area contributed by atoms with Gasteiger partial charge in [0.2, 0.25) is 10.0 Å². The average Bonchev–Trinajstić information content (AvgIpc) is 3.19. The maximum atomic E-state index is 13.3. The summed E-state index contributed by atoms with van der Waals surface area (Å²) in [6.45, 7) is 0.104. The van der Waals surface area contributed by atoms with Crippen LogP contribution in [-0.2, 0) is 16.2 Å². The Labute approximate surface area is 205 Å². The van der Waals surface area contributed by atoms with Crippen LogP contribution < -0.4 is 9.47 Å². The van der Waals surface area contributed by atoms with E-state index in [-0.39, 0.29) is 23.7 Å². The third-order valence-corrected chi connectivity index (χ3v) is 7.41. The molecule has 36 heavy (non-hydrogen) atoms. The van der Waals surface area contributed by atoms with E-state index in [0.29, 0.717) is 24.6 Å². The van der Waals surface area contributed by atoms with Crippen molar-refractivity contribution in [1.82, 2.24) is 4.31 Å². The van der Waals surface area contributed by atoms with Crippen LogP contribution in [0.25, 0.3) is 0 Å². The normalized spacial score (nSPS) is 20.5. The topological polar surface area (TPSA) is 144 Å². The summed E-state index contributed by atoms with van der Waals surface area (Å²) in [5.74, 6) is 0.262. The van der Waals surface area contributed by atoms with Crippen LogP contribution in [-0.4, -0.2) is 60.9 Å². The molecule has 0 spiro atoms. The zero-order valence-electron chi connectivity index (χ0n) is 19.0. The van der Waals surface area contributed by atoms with Gasteiger partial charge in [0.1, 0.15) is 17.8 Å². The fourth-order valence-electron chi connectivity index (χ4n) is 3.62. The first-order chi connectivity index (χ1) is 16.9. The molecule has 1 fully saturated rings. The van der Waals surface area contributed by atoms with Gasteiger partial charge in [-0.3, -0.25) is 0 Å². The van der Waals surface area contributed by atoms with Crippen LogP contribution in [0, 0.1) is 22.7 Å². The lowest BCUT2D eigenvalue weighted by molar-refractivity contribution is -0.137. The van der Waals surface area contributed by atoms with E-state index >= 15 is 0 Å². The molecule has 0 saturated carbocycles. The van der Waals surface area contributed by atoms with Crippen molar-refractivity contribution >= 4 is 10.0 Å². The Morgan fingerprint density at radius 2 is 1.89 bits per heavy atom. The number of benzene rings is 2. The van der Waals surface area contributed by atoms with Crippen LogP contribution in [0.4, 0.5) is 13.2 Å². The third kappa shape index (κ3) is 5.39. The first-order valence-corrected chi connectivity index (χ1v) is 12.1. The second-order valence-corrected chi connectivity index (χ2v) is 10.0. The predicted molar refractivity (Wildman–Crippen MR) is 118 cm³/mol. The summed E-state index contributed by atoms with van der Waals surface area (Å²) < 4.78 is 77.7. The number of β-amino-alcohol motifs (C(OH)–C–C–N with tert-alkyl or cyclic N) is 1. The van der Waals surface area contributed by atoms with Gasteiger partial charge in [-0.2, -0.15) is 28.0 Å². The molecule has 0 aliphatic carbocycles. The zero-order chi connectivity index (χ0) is 26.7. The summed E-state index contributed by atoms with van der Waals surface area (Å²) >= 11 is 0. The van der Waals surface area contributed by atoms with Gasteiger partial charge in [0.15, 0.2) is 11.5 Å². The van der Waals surface area contributed by atoms with E-state index < -0.39 is 63.6 Å². The monoisotopic (exact) mass is 525 g/mol. The average molecular weight is 526 g/mol. The van der Waals surface area contributed by atoms with E-state index in [1.807, 2.05) is 13.0 Å². The first kappa shape index (κ1) is 27.2. The van der Waals surface area contributed by atoms with Gasteiger partial charge in [-0.15, -0.1) is 0 Å². The van der Waals surface area contributed by atoms with Crippen LogP contribution in [0.3, 0.4) is 0 Å². The Bertz CT molecular complexity index is 1320. The summed E-state index contributed by atoms with van der Waals surface area (Å²) in [5, 5.41) is 39.2. The Kier molecular flexibility index (Phi) is 7.81. The Morgan fingerprint density at radius 3 is 2.47 bits per heavy atom. The smallest absolute Gasteiger partial charge is 0.416 e. The molecule has 1 aliphatic rings. The number of rotatable bonds is 8. The molecule has 13 heteroatoms. The Balaban J connectivity index is 1.95. The number of sulfonamides is 1. The quantitative estimate of drug-likeness (QED) is 0.535. The molecule has 2 aromatic carbocycles. The van der Waals surface area contributed by atoms with Gasteiger partial charge < -0.3 is 19.7 Å². The number of alkyl halides is 3. The van der Waals surface area contributed by atoms with Crippen molar-refractivity contribution in [3.05, 3.63) is 53.1 Å². The van der Waals surface area contributed by atoms with Crippen LogP contribution in [0.2, 0.25) is 0 Å². The number of nitrogens with zero attached hydrogens (tertiary/aromatic N) is 3. The lowest BCUT2D eigenvalue weighted by atomic mass is 10.0. The fraction of sp³-hybridized carbons (Fsp3) is 0.391. The molecule has 1 aliphatic heterocycles. The van der Waals surface area contributed by atoms with E-state index in [1.54, 1.807) is 0 Å². The lowest BCUT2D eigenvalue weighted by Crippen LogP contribution is -2.48. The highest BCUT2D eigenvalue weighted by atomic mass is 32.2. The largest absolute Gasteiger partial charge is 0.490 e. The number of hydrogen-bond donors (Lipinski definition) is 2. The summed E-state index contributed by atoms with van der Waals surface area (Å²) in [5.41, 5.74) is -3.72. The van der Waals surface area contributed by atoms with E-state index in [2.05, 4.69) is 0 Å². The maximum Gasteiger partial charge on any atom is 0.416 e. The predicted octanol–water partition coefficient (Wildman–Crippen LogP) is 2.41. The van der Waals surface area contributed by atoms with Gasteiger partial charge in [-0.25, -0.2) is 8.42 Å². The van der Waals surface area contributed by atoms with Crippen molar-refractivity contribution in [1.29, 1.82) is 10.5 Å². The summed E-state index contributed by atoms with van der Waals surface area (Å²) in [7, 11) is -4.57. The Hall–Kier alpha value is -3.36. The van der Waals surface area contributed by atoms with Crippen LogP contribution in [0.5, 0.6) is 11.5 Å². The van der Waals surface area contributed by atoms with Gasteiger partial charge >= 0.3 is 6.18 Å². The van der Waals surface area contributed by atoms with Gasteiger partial charge in [-0.1, -0.05) is 6.92 Å². The molecule has 0 radical (unpaired) electrons. The van der Waals surface area contributed by atoms with Gasteiger partial charge in [0, 0.05) is 12.6 Å². The van der Waals surface area contributed by atoms with Crippen LogP contribution in [0.1, 0.15) is 30.0 Å². The van der Waals surface area contributed by atoms with Crippen molar-refractivity contribution in [2.75, 3.05) is 26.3 Å². The third-order valence-electron chi connectivity index (χ3n) is 5.54. The van der Waals surface area contributed by atoms with Gasteiger partial charge in [0.25, 0.3) is 0 Å². The number of hydrogen-bond acceptors (Lipinski definition) is 8. The highest BCUT2D eigenvalue weighted by Gasteiger charge is 2.51. The molecule has 0 amide bonds. The SMILES string of the molecule is CCCOc1cc(C#N)ccc1OC1CN(S(=O)(=O)c2ccc(C(F)(F)F)cc2C#N)C[C@@]1(O)CO. The van der Waals surface area contributed by atoms with Crippen LogP contribution in [0.15, 0.2) is 41.3 Å². The maximum absolute atomic E-state index is 13.3. The van der Waals surface area contributed by atoms with Crippen molar-refractivity contribution in [3.8, 4) is 23.6 Å². The van der Waals surface area contributed by atoms with Crippen molar-refractivity contribution in [2.24, 2.45) is 0 Å². The zero-order valence-corrected chi connectivity index (χ0v) is 19.8. The Morgan fingerprint density at radius 1 is 1.17 bits per heavy atom. The lowest BCUT2D eigenvalue weighted by Gasteiger charge is -2.27. The van der Waals surface area contributed by atoms with Crippen LogP contribution >= 0.6 is 0 Å². The number of halogens is 3. The summed E-state index contributed by atoms with van der Waals surface area (Å²) in [6, 6.07) is 9.32. The molecule has 0 bridgehead atoms. The molecule has 3 rings (SSSR count). The highest BCUT2D eigenvalue weighted by Crippen LogP contribution is 2.37. The van der Waals surface area contributed by atoms with Crippen molar-refractivity contribution < 1.29 is 41.3 Å². The van der Waals surface area contributed by atoms with Crippen molar-refractivity contribution in [3.63, 3.8) is 0 Å². The molecule has 1 unspecified atom stereocenters.